The predicted molar refractivity (Wildman–Crippen MR) is 80.1 cm³/mol. The fraction of sp³-hybridized carbons (Fsp3) is 0.125. The van der Waals surface area contributed by atoms with Gasteiger partial charge in [0.1, 0.15) is 29.4 Å². The van der Waals surface area contributed by atoms with Gasteiger partial charge in [-0.25, -0.2) is 4.98 Å². The van der Waals surface area contributed by atoms with Gasteiger partial charge in [-0.05, 0) is 24.3 Å². The Morgan fingerprint density at radius 2 is 2.23 bits per heavy atom. The third-order valence-corrected chi connectivity index (χ3v) is 3.40. The number of carbonyl (C=O) groups is 1. The van der Waals surface area contributed by atoms with E-state index in [0.717, 1.165) is 11.3 Å². The number of hydrogen-bond acceptors (Lipinski definition) is 4. The second-order valence-corrected chi connectivity index (χ2v) is 4.95. The summed E-state index contributed by atoms with van der Waals surface area (Å²) < 4.78 is 13.1. The highest BCUT2D eigenvalue weighted by Gasteiger charge is 2.19. The average Bonchev–Trinajstić information content (AvgIpc) is 2.95. The maximum Gasteiger partial charge on any atom is 0.262 e. The highest BCUT2D eigenvalue weighted by molar-refractivity contribution is 5.97. The van der Waals surface area contributed by atoms with Crippen molar-refractivity contribution in [1.29, 1.82) is 0 Å². The minimum atomic E-state index is -0.184. The molecule has 22 heavy (non-hydrogen) atoms. The zero-order valence-electron chi connectivity index (χ0n) is 11.7. The monoisotopic (exact) mass is 295 g/mol. The predicted octanol–water partition coefficient (Wildman–Crippen LogP) is 2.24. The molecule has 0 aliphatic carbocycles. The Hall–Kier alpha value is -3.02. The number of carbonyl (C=O) groups excluding carboxylic acids is 1. The van der Waals surface area contributed by atoms with Gasteiger partial charge in [-0.15, -0.1) is 0 Å². The quantitative estimate of drug-likeness (QED) is 0.805. The van der Waals surface area contributed by atoms with Crippen LogP contribution in [0.2, 0.25) is 0 Å². The first kappa shape index (κ1) is 12.7. The molecular weight excluding hydrogens is 282 g/mol. The molecule has 1 aliphatic heterocycles. The number of pyridine rings is 1. The van der Waals surface area contributed by atoms with Crippen LogP contribution in [0.4, 0.5) is 5.69 Å². The first-order valence-corrected chi connectivity index (χ1v) is 6.91. The van der Waals surface area contributed by atoms with E-state index in [-0.39, 0.29) is 12.5 Å². The maximum atomic E-state index is 11.5. The van der Waals surface area contributed by atoms with Crippen molar-refractivity contribution in [1.82, 2.24) is 9.38 Å². The summed E-state index contributed by atoms with van der Waals surface area (Å²) >= 11 is 0. The van der Waals surface area contributed by atoms with E-state index in [0.29, 0.717) is 23.8 Å². The highest BCUT2D eigenvalue weighted by atomic mass is 16.5. The first-order valence-electron chi connectivity index (χ1n) is 6.91. The summed E-state index contributed by atoms with van der Waals surface area (Å²) in [5.74, 6) is 1.01. The minimum Gasteiger partial charge on any atom is -0.485 e. The van der Waals surface area contributed by atoms with Crippen molar-refractivity contribution >= 4 is 17.2 Å². The van der Waals surface area contributed by atoms with Gasteiger partial charge in [0.2, 0.25) is 0 Å². The standard InChI is InChI=1S/C16H13N3O3/c20-15-10-22-13-5-3-4-12(16(13)18-15)21-9-11-8-19-7-2-1-6-14(19)17-11/h1-8H,9-10H2,(H,18,20). The number of para-hydroxylation sites is 1. The number of hydrogen-bond donors (Lipinski definition) is 1. The van der Waals surface area contributed by atoms with E-state index >= 15 is 0 Å². The number of benzene rings is 1. The number of imidazole rings is 1. The Morgan fingerprint density at radius 1 is 1.27 bits per heavy atom. The molecular formula is C16H13N3O3. The zero-order valence-corrected chi connectivity index (χ0v) is 11.7. The number of amides is 1. The maximum absolute atomic E-state index is 11.5. The molecule has 0 saturated carbocycles. The number of nitrogens with zero attached hydrogens (tertiary/aromatic N) is 2. The normalized spacial score (nSPS) is 13.4. The molecule has 1 aromatic carbocycles. The third-order valence-electron chi connectivity index (χ3n) is 3.40. The van der Waals surface area contributed by atoms with Crippen LogP contribution in [0.25, 0.3) is 5.65 Å². The second-order valence-electron chi connectivity index (χ2n) is 4.95. The minimum absolute atomic E-state index is 0.0306. The fourth-order valence-electron chi connectivity index (χ4n) is 2.40. The van der Waals surface area contributed by atoms with Gasteiger partial charge in [0.15, 0.2) is 6.61 Å². The molecule has 110 valence electrons. The lowest BCUT2D eigenvalue weighted by Gasteiger charge is -2.20. The van der Waals surface area contributed by atoms with Crippen LogP contribution in [0.5, 0.6) is 11.5 Å². The topological polar surface area (TPSA) is 64.9 Å². The van der Waals surface area contributed by atoms with Gasteiger partial charge in [-0.2, -0.15) is 0 Å². The van der Waals surface area contributed by atoms with E-state index in [2.05, 4.69) is 10.3 Å². The van der Waals surface area contributed by atoms with Crippen LogP contribution in [-0.4, -0.2) is 21.9 Å². The number of aromatic nitrogens is 2. The van der Waals surface area contributed by atoms with Gasteiger partial charge >= 0.3 is 0 Å². The molecule has 6 heteroatoms. The van der Waals surface area contributed by atoms with Gasteiger partial charge in [-0.3, -0.25) is 4.79 Å². The summed E-state index contributed by atoms with van der Waals surface area (Å²) in [5.41, 5.74) is 2.25. The number of nitrogens with one attached hydrogen (secondary N) is 1. The summed E-state index contributed by atoms with van der Waals surface area (Å²) in [6.45, 7) is 0.344. The Balaban J connectivity index is 1.58. The van der Waals surface area contributed by atoms with E-state index in [9.17, 15) is 4.79 Å². The van der Waals surface area contributed by atoms with E-state index in [1.54, 1.807) is 12.1 Å². The van der Waals surface area contributed by atoms with Gasteiger partial charge in [0.05, 0.1) is 5.69 Å². The lowest BCUT2D eigenvalue weighted by atomic mass is 10.2. The molecule has 0 saturated heterocycles. The van der Waals surface area contributed by atoms with Crippen LogP contribution >= 0.6 is 0 Å². The Morgan fingerprint density at radius 3 is 3.14 bits per heavy atom. The van der Waals surface area contributed by atoms with Crippen molar-refractivity contribution in [3.63, 3.8) is 0 Å². The molecule has 2 aromatic heterocycles. The van der Waals surface area contributed by atoms with Crippen molar-refractivity contribution in [2.45, 2.75) is 6.61 Å². The van der Waals surface area contributed by atoms with Crippen molar-refractivity contribution in [2.24, 2.45) is 0 Å². The number of fused-ring (bicyclic) bond motifs is 2. The van der Waals surface area contributed by atoms with Crippen LogP contribution in [0.15, 0.2) is 48.8 Å². The molecule has 0 atom stereocenters. The highest BCUT2D eigenvalue weighted by Crippen LogP contribution is 2.36. The Bertz CT molecular complexity index is 824. The van der Waals surface area contributed by atoms with Crippen molar-refractivity contribution in [3.8, 4) is 11.5 Å². The van der Waals surface area contributed by atoms with Crippen LogP contribution in [0.1, 0.15) is 5.69 Å². The van der Waals surface area contributed by atoms with Crippen molar-refractivity contribution in [3.05, 3.63) is 54.5 Å². The fourth-order valence-corrected chi connectivity index (χ4v) is 2.40. The Labute approximate surface area is 126 Å². The number of anilines is 1. The molecule has 3 heterocycles. The first-order chi connectivity index (χ1) is 10.8. The average molecular weight is 295 g/mol. The molecule has 3 aromatic rings. The molecule has 0 radical (unpaired) electrons. The Kier molecular flexibility index (Phi) is 2.93. The summed E-state index contributed by atoms with van der Waals surface area (Å²) in [4.78, 5) is 15.9. The zero-order chi connectivity index (χ0) is 14.9. The molecule has 0 bridgehead atoms. The van der Waals surface area contributed by atoms with Gasteiger partial charge < -0.3 is 19.2 Å². The molecule has 0 spiro atoms. The SMILES string of the molecule is O=C1COc2cccc(OCc3cn4ccccc4n3)c2N1. The van der Waals surface area contributed by atoms with Gasteiger partial charge in [0, 0.05) is 12.4 Å². The summed E-state index contributed by atoms with van der Waals surface area (Å²) in [7, 11) is 0. The molecule has 1 aliphatic rings. The van der Waals surface area contributed by atoms with E-state index in [4.69, 9.17) is 9.47 Å². The summed E-state index contributed by atoms with van der Waals surface area (Å²) in [5, 5.41) is 2.78. The van der Waals surface area contributed by atoms with Crippen LogP contribution < -0.4 is 14.8 Å². The van der Waals surface area contributed by atoms with Crippen molar-refractivity contribution in [2.75, 3.05) is 11.9 Å². The third kappa shape index (κ3) is 2.24. The molecule has 4 rings (SSSR count). The van der Waals surface area contributed by atoms with Crippen LogP contribution in [0, 0.1) is 0 Å². The van der Waals surface area contributed by atoms with Gasteiger partial charge in [-0.1, -0.05) is 12.1 Å². The van der Waals surface area contributed by atoms with Gasteiger partial charge in [0.25, 0.3) is 5.91 Å². The summed E-state index contributed by atoms with van der Waals surface area (Å²) in [6, 6.07) is 11.2. The molecule has 1 N–H and O–H groups in total. The lowest BCUT2D eigenvalue weighted by Crippen LogP contribution is -2.25. The summed E-state index contributed by atoms with van der Waals surface area (Å²) in [6.07, 6.45) is 3.85. The molecule has 6 nitrogen and oxygen atoms in total. The molecule has 1 amide bonds. The van der Waals surface area contributed by atoms with E-state index < -0.39 is 0 Å². The van der Waals surface area contributed by atoms with Crippen molar-refractivity contribution < 1.29 is 14.3 Å². The lowest BCUT2D eigenvalue weighted by molar-refractivity contribution is -0.118. The smallest absolute Gasteiger partial charge is 0.262 e. The van der Waals surface area contributed by atoms with E-state index in [1.165, 1.54) is 0 Å². The molecule has 0 unspecified atom stereocenters. The second kappa shape index (κ2) is 5.07. The van der Waals surface area contributed by atoms with Crippen LogP contribution in [-0.2, 0) is 11.4 Å². The number of rotatable bonds is 3. The largest absolute Gasteiger partial charge is 0.485 e. The molecule has 0 fully saturated rings. The number of ether oxygens (including phenoxy) is 2. The van der Waals surface area contributed by atoms with Crippen LogP contribution in [0.3, 0.4) is 0 Å². The van der Waals surface area contributed by atoms with E-state index in [1.807, 2.05) is 41.1 Å².